The Morgan fingerprint density at radius 3 is 2.16 bits per heavy atom. The summed E-state index contributed by atoms with van der Waals surface area (Å²) in [5, 5.41) is 12.1. The number of aliphatic carboxylic acids is 1. The Balaban J connectivity index is 1.34. The molecule has 32 heavy (non-hydrogen) atoms. The molecule has 0 fully saturated rings. The van der Waals surface area contributed by atoms with Gasteiger partial charge >= 0.3 is 12.1 Å². The van der Waals surface area contributed by atoms with Gasteiger partial charge in [-0.15, -0.1) is 0 Å². The van der Waals surface area contributed by atoms with Crippen LogP contribution < -0.4 is 5.32 Å². The average Bonchev–Trinajstić information content (AvgIpc) is 3.12. The Kier molecular flexibility index (Phi) is 7.09. The van der Waals surface area contributed by atoms with Crippen LogP contribution in [0.5, 0.6) is 0 Å². The summed E-state index contributed by atoms with van der Waals surface area (Å²) in [5.74, 6) is -1.11. The van der Waals surface area contributed by atoms with E-state index in [2.05, 4.69) is 40.0 Å². The van der Waals surface area contributed by atoms with Gasteiger partial charge in [-0.2, -0.15) is 0 Å². The molecule has 5 nitrogen and oxygen atoms in total. The number of carboxylic acids is 1. The van der Waals surface area contributed by atoms with Crippen LogP contribution >= 0.6 is 22.6 Å². The molecule has 0 heterocycles. The molecular formula is C26H24INO4. The van der Waals surface area contributed by atoms with Gasteiger partial charge in [-0.05, 0) is 75.7 Å². The molecule has 4 rings (SSSR count). The number of benzene rings is 3. The smallest absolute Gasteiger partial charge is 0.407 e. The molecule has 0 saturated heterocycles. The van der Waals surface area contributed by atoms with Gasteiger partial charge in [0.1, 0.15) is 12.6 Å². The summed E-state index contributed by atoms with van der Waals surface area (Å²) in [6.45, 7) is 0.161. The maximum absolute atomic E-state index is 12.4. The summed E-state index contributed by atoms with van der Waals surface area (Å²) in [5.41, 5.74) is 5.72. The van der Waals surface area contributed by atoms with E-state index in [1.807, 2.05) is 60.7 Å². The summed E-state index contributed by atoms with van der Waals surface area (Å²) in [7, 11) is 0. The second kappa shape index (κ2) is 10.2. The van der Waals surface area contributed by atoms with E-state index in [4.69, 9.17) is 4.74 Å². The number of halogens is 1. The molecule has 2 N–H and O–H groups in total. The van der Waals surface area contributed by atoms with Crippen LogP contribution in [0.2, 0.25) is 0 Å². The first-order valence-electron chi connectivity index (χ1n) is 10.6. The van der Waals surface area contributed by atoms with Crippen LogP contribution in [0, 0.1) is 3.57 Å². The lowest BCUT2D eigenvalue weighted by molar-refractivity contribution is -0.139. The van der Waals surface area contributed by atoms with Crippen molar-refractivity contribution in [2.75, 3.05) is 6.61 Å². The molecule has 0 spiro atoms. The fourth-order valence-corrected chi connectivity index (χ4v) is 4.89. The Morgan fingerprint density at radius 1 is 0.938 bits per heavy atom. The molecule has 0 unspecified atom stereocenters. The van der Waals surface area contributed by atoms with Crippen molar-refractivity contribution in [1.82, 2.24) is 5.32 Å². The Bertz CT molecular complexity index is 1080. The number of carbonyl (C=O) groups excluding carboxylic acids is 1. The molecule has 1 amide bonds. The zero-order valence-electron chi connectivity index (χ0n) is 17.5. The third kappa shape index (κ3) is 4.96. The SMILES string of the molecule is O=C(N[C@@H](CCCc1ccccc1I)C(=O)O)OCC1c2ccccc2-c2ccccc21. The minimum Gasteiger partial charge on any atom is -0.480 e. The second-order valence-corrected chi connectivity index (χ2v) is 9.01. The van der Waals surface area contributed by atoms with Crippen molar-refractivity contribution in [2.24, 2.45) is 0 Å². The standard InChI is InChI=1S/C26H24INO4/c27-23-14-6-1-8-17(23)9-7-15-24(25(29)30)28-26(31)32-16-22-20-12-4-2-10-18(20)19-11-3-5-13-21(19)22/h1-6,8,10-14,22,24H,7,9,15-16H2,(H,28,31)(H,29,30)/t24-/m0/s1. The molecule has 6 heteroatoms. The van der Waals surface area contributed by atoms with E-state index in [1.54, 1.807) is 0 Å². The van der Waals surface area contributed by atoms with Crippen LogP contribution in [-0.4, -0.2) is 29.8 Å². The number of rotatable bonds is 8. The van der Waals surface area contributed by atoms with E-state index >= 15 is 0 Å². The van der Waals surface area contributed by atoms with Crippen molar-refractivity contribution in [2.45, 2.75) is 31.2 Å². The van der Waals surface area contributed by atoms with E-state index in [0.29, 0.717) is 12.8 Å². The van der Waals surface area contributed by atoms with Gasteiger partial charge in [0.2, 0.25) is 0 Å². The van der Waals surface area contributed by atoms with Gasteiger partial charge in [-0.25, -0.2) is 9.59 Å². The van der Waals surface area contributed by atoms with Crippen LogP contribution in [0.4, 0.5) is 4.79 Å². The monoisotopic (exact) mass is 541 g/mol. The van der Waals surface area contributed by atoms with Gasteiger partial charge in [0.25, 0.3) is 0 Å². The summed E-state index contributed by atoms with van der Waals surface area (Å²) in [6, 6.07) is 23.2. The quantitative estimate of drug-likeness (QED) is 0.364. The Morgan fingerprint density at radius 2 is 1.53 bits per heavy atom. The number of nitrogens with one attached hydrogen (secondary N) is 1. The van der Waals surface area contributed by atoms with Crippen LogP contribution in [-0.2, 0) is 16.0 Å². The third-order valence-corrected chi connectivity index (χ3v) is 6.88. The number of amides is 1. The fraction of sp³-hybridized carbons (Fsp3) is 0.231. The predicted molar refractivity (Wildman–Crippen MR) is 132 cm³/mol. The summed E-state index contributed by atoms with van der Waals surface area (Å²) in [6.07, 6.45) is 1.05. The maximum Gasteiger partial charge on any atom is 0.407 e. The first kappa shape index (κ1) is 22.3. The molecule has 1 aliphatic rings. The predicted octanol–water partition coefficient (Wildman–Crippen LogP) is 5.61. The van der Waals surface area contributed by atoms with E-state index in [-0.39, 0.29) is 12.5 Å². The molecule has 0 aliphatic heterocycles. The summed E-state index contributed by atoms with van der Waals surface area (Å²) < 4.78 is 6.64. The minimum absolute atomic E-state index is 0.0587. The molecular weight excluding hydrogens is 517 g/mol. The van der Waals surface area contributed by atoms with E-state index < -0.39 is 18.1 Å². The van der Waals surface area contributed by atoms with Crippen LogP contribution in [0.25, 0.3) is 11.1 Å². The van der Waals surface area contributed by atoms with Crippen molar-refractivity contribution in [3.8, 4) is 11.1 Å². The first-order chi connectivity index (χ1) is 15.5. The highest BCUT2D eigenvalue weighted by molar-refractivity contribution is 14.1. The Hall–Kier alpha value is -2.87. The number of alkyl carbamates (subject to hydrolysis) is 1. The molecule has 0 bridgehead atoms. The van der Waals surface area contributed by atoms with Gasteiger partial charge in [0, 0.05) is 9.49 Å². The average molecular weight is 541 g/mol. The van der Waals surface area contributed by atoms with Crippen molar-refractivity contribution in [1.29, 1.82) is 0 Å². The largest absolute Gasteiger partial charge is 0.480 e. The van der Waals surface area contributed by atoms with Gasteiger partial charge in [0.05, 0.1) is 0 Å². The minimum atomic E-state index is -1.05. The lowest BCUT2D eigenvalue weighted by Gasteiger charge is -2.17. The van der Waals surface area contributed by atoms with Gasteiger partial charge in [0.15, 0.2) is 0 Å². The van der Waals surface area contributed by atoms with Crippen molar-refractivity contribution in [3.05, 3.63) is 93.1 Å². The van der Waals surface area contributed by atoms with E-state index in [0.717, 1.165) is 32.2 Å². The number of aryl methyl sites for hydroxylation is 1. The van der Waals surface area contributed by atoms with Gasteiger partial charge in [-0.3, -0.25) is 0 Å². The summed E-state index contributed by atoms with van der Waals surface area (Å²) >= 11 is 2.27. The van der Waals surface area contributed by atoms with Crippen LogP contribution in [0.15, 0.2) is 72.8 Å². The maximum atomic E-state index is 12.4. The summed E-state index contributed by atoms with van der Waals surface area (Å²) in [4.78, 5) is 24.1. The second-order valence-electron chi connectivity index (χ2n) is 7.84. The van der Waals surface area contributed by atoms with E-state index in [1.165, 1.54) is 5.56 Å². The highest BCUT2D eigenvalue weighted by atomic mass is 127. The van der Waals surface area contributed by atoms with Crippen molar-refractivity contribution in [3.63, 3.8) is 0 Å². The van der Waals surface area contributed by atoms with Crippen LogP contribution in [0.1, 0.15) is 35.4 Å². The third-order valence-electron chi connectivity index (χ3n) is 5.83. The normalized spacial score (nSPS) is 13.2. The first-order valence-corrected chi connectivity index (χ1v) is 11.7. The Labute approximate surface area is 201 Å². The lowest BCUT2D eigenvalue weighted by Crippen LogP contribution is -2.41. The number of hydrogen-bond donors (Lipinski definition) is 2. The topological polar surface area (TPSA) is 75.6 Å². The highest BCUT2D eigenvalue weighted by Crippen LogP contribution is 2.44. The lowest BCUT2D eigenvalue weighted by atomic mass is 9.98. The molecule has 3 aromatic rings. The zero-order chi connectivity index (χ0) is 22.5. The number of ether oxygens (including phenoxy) is 1. The molecule has 0 aromatic heterocycles. The van der Waals surface area contributed by atoms with Crippen LogP contribution in [0.3, 0.4) is 0 Å². The molecule has 164 valence electrons. The number of hydrogen-bond acceptors (Lipinski definition) is 3. The fourth-order valence-electron chi connectivity index (χ4n) is 4.24. The van der Waals surface area contributed by atoms with E-state index in [9.17, 15) is 14.7 Å². The number of carboxylic acid groups (broad SMARTS) is 1. The van der Waals surface area contributed by atoms with Gasteiger partial charge in [-0.1, -0.05) is 66.7 Å². The molecule has 3 aromatic carbocycles. The van der Waals surface area contributed by atoms with Crippen molar-refractivity contribution >= 4 is 34.7 Å². The molecule has 0 radical (unpaired) electrons. The molecule has 1 aliphatic carbocycles. The molecule has 1 atom stereocenters. The number of carbonyl (C=O) groups is 2. The zero-order valence-corrected chi connectivity index (χ0v) is 19.6. The number of fused-ring (bicyclic) bond motifs is 3. The highest BCUT2D eigenvalue weighted by Gasteiger charge is 2.29. The van der Waals surface area contributed by atoms with Crippen molar-refractivity contribution < 1.29 is 19.4 Å². The van der Waals surface area contributed by atoms with Gasteiger partial charge < -0.3 is 15.2 Å². The molecule has 0 saturated carbocycles.